The van der Waals surface area contributed by atoms with Gasteiger partial charge in [-0.25, -0.2) is 12.8 Å². The van der Waals surface area contributed by atoms with Crippen LogP contribution in [0, 0.1) is 26.6 Å². The summed E-state index contributed by atoms with van der Waals surface area (Å²) < 4.78 is 47.1. The van der Waals surface area contributed by atoms with E-state index in [2.05, 4.69) is 26.0 Å². The molecule has 1 amide bonds. The highest BCUT2D eigenvalue weighted by molar-refractivity contribution is 9.10. The van der Waals surface area contributed by atoms with Gasteiger partial charge in [-0.3, -0.25) is 9.52 Å². The molecule has 0 aromatic heterocycles. The zero-order valence-corrected chi connectivity index (χ0v) is 20.1. The van der Waals surface area contributed by atoms with E-state index < -0.39 is 15.8 Å². The summed E-state index contributed by atoms with van der Waals surface area (Å²) in [7, 11) is -3.86. The second-order valence-electron chi connectivity index (χ2n) is 7.29. The quantitative estimate of drug-likeness (QED) is 0.440. The Labute approximate surface area is 195 Å². The molecule has 0 saturated heterocycles. The number of hydrogen-bond acceptors (Lipinski definition) is 4. The molecule has 0 radical (unpaired) electrons. The van der Waals surface area contributed by atoms with Gasteiger partial charge in [0.05, 0.1) is 4.90 Å². The molecule has 0 aliphatic rings. The van der Waals surface area contributed by atoms with Crippen LogP contribution in [0.25, 0.3) is 0 Å². The van der Waals surface area contributed by atoms with Crippen molar-refractivity contribution >= 4 is 43.2 Å². The van der Waals surface area contributed by atoms with Crippen molar-refractivity contribution in [3.63, 3.8) is 0 Å². The lowest BCUT2D eigenvalue weighted by Gasteiger charge is -2.14. The summed E-state index contributed by atoms with van der Waals surface area (Å²) in [6.07, 6.45) is 0. The van der Waals surface area contributed by atoms with E-state index in [4.69, 9.17) is 4.74 Å². The largest absolute Gasteiger partial charge is 0.483 e. The molecular weight excluding hydrogens is 499 g/mol. The third-order valence-electron chi connectivity index (χ3n) is 4.67. The standard InChI is InChI=1S/C23H22BrFN2O4S/c1-14-12-20(32(29,30)27-19-6-4-18(25)5-7-19)8-9-21(14)31-13-22(28)26-23-15(2)10-17(24)11-16(23)3/h4-12,27H,13H2,1-3H3,(H,26,28). The highest BCUT2D eigenvalue weighted by Gasteiger charge is 2.17. The van der Waals surface area contributed by atoms with Crippen LogP contribution in [0.1, 0.15) is 16.7 Å². The van der Waals surface area contributed by atoms with E-state index in [0.717, 1.165) is 21.3 Å². The second kappa shape index (κ2) is 9.70. The Morgan fingerprint density at radius 1 is 0.969 bits per heavy atom. The summed E-state index contributed by atoms with van der Waals surface area (Å²) in [5.41, 5.74) is 3.37. The minimum absolute atomic E-state index is 0.0252. The molecule has 168 valence electrons. The van der Waals surface area contributed by atoms with E-state index in [1.165, 1.54) is 42.5 Å². The number of sulfonamides is 1. The number of ether oxygens (including phenoxy) is 1. The van der Waals surface area contributed by atoms with E-state index in [9.17, 15) is 17.6 Å². The predicted molar refractivity (Wildman–Crippen MR) is 126 cm³/mol. The molecule has 32 heavy (non-hydrogen) atoms. The zero-order valence-electron chi connectivity index (χ0n) is 17.7. The molecule has 3 rings (SSSR count). The minimum atomic E-state index is -3.86. The van der Waals surface area contributed by atoms with E-state index in [-0.39, 0.29) is 23.1 Å². The van der Waals surface area contributed by atoms with Crippen LogP contribution in [0.4, 0.5) is 15.8 Å². The molecule has 0 saturated carbocycles. The molecule has 6 nitrogen and oxygen atoms in total. The topological polar surface area (TPSA) is 84.5 Å². The normalized spacial score (nSPS) is 11.2. The molecule has 0 bridgehead atoms. The lowest BCUT2D eigenvalue weighted by molar-refractivity contribution is -0.118. The van der Waals surface area contributed by atoms with Crippen molar-refractivity contribution < 1.29 is 22.3 Å². The van der Waals surface area contributed by atoms with Crippen LogP contribution in [0.2, 0.25) is 0 Å². The fourth-order valence-corrected chi connectivity index (χ4v) is 4.94. The molecule has 0 aliphatic carbocycles. The predicted octanol–water partition coefficient (Wildman–Crippen LogP) is 5.33. The smallest absolute Gasteiger partial charge is 0.262 e. The van der Waals surface area contributed by atoms with Crippen molar-refractivity contribution in [1.82, 2.24) is 0 Å². The summed E-state index contributed by atoms with van der Waals surface area (Å²) in [5, 5.41) is 2.84. The first-order chi connectivity index (χ1) is 15.0. The van der Waals surface area contributed by atoms with Crippen molar-refractivity contribution in [1.29, 1.82) is 0 Å². The van der Waals surface area contributed by atoms with Gasteiger partial charge in [0, 0.05) is 15.8 Å². The van der Waals surface area contributed by atoms with Crippen LogP contribution in [0.5, 0.6) is 5.75 Å². The van der Waals surface area contributed by atoms with Crippen LogP contribution in [0.15, 0.2) is 64.0 Å². The maximum Gasteiger partial charge on any atom is 0.262 e. The average molecular weight is 521 g/mol. The third-order valence-corrected chi connectivity index (χ3v) is 6.51. The molecule has 3 aromatic carbocycles. The maximum absolute atomic E-state index is 13.0. The van der Waals surface area contributed by atoms with Crippen molar-refractivity contribution in [2.45, 2.75) is 25.7 Å². The monoisotopic (exact) mass is 520 g/mol. The van der Waals surface area contributed by atoms with E-state index in [1.54, 1.807) is 6.92 Å². The SMILES string of the molecule is Cc1cc(S(=O)(=O)Nc2ccc(F)cc2)ccc1OCC(=O)Nc1c(C)cc(Br)cc1C. The summed E-state index contributed by atoms with van der Waals surface area (Å²) in [6, 6.07) is 13.2. The number of hydrogen-bond donors (Lipinski definition) is 2. The zero-order chi connectivity index (χ0) is 23.5. The van der Waals surface area contributed by atoms with Crippen LogP contribution in [0.3, 0.4) is 0 Å². The molecule has 0 atom stereocenters. The Bertz CT molecular complexity index is 1240. The Hall–Kier alpha value is -2.91. The number of carbonyl (C=O) groups excluding carboxylic acids is 1. The Morgan fingerprint density at radius 2 is 1.59 bits per heavy atom. The van der Waals surface area contributed by atoms with Gasteiger partial charge in [-0.05, 0) is 92.1 Å². The number of amides is 1. The van der Waals surface area contributed by atoms with Crippen molar-refractivity contribution in [2.75, 3.05) is 16.6 Å². The van der Waals surface area contributed by atoms with E-state index in [1.807, 2.05) is 26.0 Å². The molecule has 0 spiro atoms. The summed E-state index contributed by atoms with van der Waals surface area (Å²) in [5.74, 6) is -0.391. The Morgan fingerprint density at radius 3 is 2.19 bits per heavy atom. The number of anilines is 2. The number of rotatable bonds is 7. The first kappa shape index (κ1) is 23.7. The fraction of sp³-hybridized carbons (Fsp3) is 0.174. The first-order valence-electron chi connectivity index (χ1n) is 9.63. The van der Waals surface area contributed by atoms with Gasteiger partial charge in [0.1, 0.15) is 11.6 Å². The van der Waals surface area contributed by atoms with Crippen LogP contribution < -0.4 is 14.8 Å². The minimum Gasteiger partial charge on any atom is -0.483 e. The van der Waals surface area contributed by atoms with Gasteiger partial charge in [0.2, 0.25) is 0 Å². The Balaban J connectivity index is 1.66. The van der Waals surface area contributed by atoms with Gasteiger partial charge in [0.15, 0.2) is 6.61 Å². The second-order valence-corrected chi connectivity index (χ2v) is 9.89. The van der Waals surface area contributed by atoms with Gasteiger partial charge >= 0.3 is 0 Å². The molecule has 9 heteroatoms. The number of halogens is 2. The Kier molecular flexibility index (Phi) is 7.20. The molecule has 0 fully saturated rings. The molecule has 0 heterocycles. The summed E-state index contributed by atoms with van der Waals surface area (Å²) in [6.45, 7) is 5.26. The average Bonchev–Trinajstić information content (AvgIpc) is 2.71. The molecule has 2 N–H and O–H groups in total. The maximum atomic E-state index is 13.0. The highest BCUT2D eigenvalue weighted by atomic mass is 79.9. The number of aryl methyl sites for hydroxylation is 3. The number of nitrogens with one attached hydrogen (secondary N) is 2. The molecule has 0 unspecified atom stereocenters. The molecule has 0 aliphatic heterocycles. The van der Waals surface area contributed by atoms with E-state index in [0.29, 0.717) is 11.3 Å². The fourth-order valence-electron chi connectivity index (χ4n) is 3.11. The molecular formula is C23H22BrFN2O4S. The first-order valence-corrected chi connectivity index (χ1v) is 11.9. The molecule has 3 aromatic rings. The number of carbonyl (C=O) groups is 1. The van der Waals surface area contributed by atoms with E-state index >= 15 is 0 Å². The summed E-state index contributed by atoms with van der Waals surface area (Å²) >= 11 is 3.42. The van der Waals surface area contributed by atoms with Crippen molar-refractivity contribution in [3.8, 4) is 5.75 Å². The summed E-state index contributed by atoms with van der Waals surface area (Å²) in [4.78, 5) is 12.4. The van der Waals surface area contributed by atoms with Gasteiger partial charge in [0.25, 0.3) is 15.9 Å². The van der Waals surface area contributed by atoms with Crippen molar-refractivity contribution in [2.24, 2.45) is 0 Å². The van der Waals surface area contributed by atoms with Gasteiger partial charge in [-0.2, -0.15) is 0 Å². The van der Waals surface area contributed by atoms with Crippen LogP contribution in [-0.4, -0.2) is 20.9 Å². The van der Waals surface area contributed by atoms with Gasteiger partial charge in [-0.15, -0.1) is 0 Å². The van der Waals surface area contributed by atoms with Crippen molar-refractivity contribution in [3.05, 3.63) is 81.6 Å². The van der Waals surface area contributed by atoms with Crippen LogP contribution >= 0.6 is 15.9 Å². The highest BCUT2D eigenvalue weighted by Crippen LogP contribution is 2.26. The lowest BCUT2D eigenvalue weighted by atomic mass is 10.1. The third kappa shape index (κ3) is 5.86. The van der Waals surface area contributed by atoms with Crippen LogP contribution in [-0.2, 0) is 14.8 Å². The van der Waals surface area contributed by atoms with Gasteiger partial charge < -0.3 is 10.1 Å². The lowest BCUT2D eigenvalue weighted by Crippen LogP contribution is -2.21. The number of benzene rings is 3. The van der Waals surface area contributed by atoms with Gasteiger partial charge in [-0.1, -0.05) is 15.9 Å².